The van der Waals surface area contributed by atoms with Gasteiger partial charge in [0, 0.05) is 35.6 Å². The fourth-order valence-electron chi connectivity index (χ4n) is 2.46. The predicted octanol–water partition coefficient (Wildman–Crippen LogP) is 2.96. The van der Waals surface area contributed by atoms with Gasteiger partial charge >= 0.3 is 0 Å². The van der Waals surface area contributed by atoms with Gasteiger partial charge in [0.15, 0.2) is 0 Å². The highest BCUT2D eigenvalue weighted by atomic mass is 16.1. The van der Waals surface area contributed by atoms with E-state index in [1.54, 1.807) is 30.6 Å². The minimum atomic E-state index is -0.138. The first kappa shape index (κ1) is 16.4. The van der Waals surface area contributed by atoms with E-state index in [1.165, 1.54) is 0 Å². The first-order chi connectivity index (χ1) is 12.1. The minimum Gasteiger partial charge on any atom is -0.384 e. The Balaban J connectivity index is 1.68. The molecule has 5 nitrogen and oxygen atoms in total. The molecule has 0 radical (unpaired) electrons. The van der Waals surface area contributed by atoms with Crippen molar-refractivity contribution in [1.29, 1.82) is 5.41 Å². The third-order valence-corrected chi connectivity index (χ3v) is 3.84. The maximum absolute atomic E-state index is 12.4. The van der Waals surface area contributed by atoms with E-state index in [9.17, 15) is 4.79 Å². The molecule has 1 aromatic heterocycles. The summed E-state index contributed by atoms with van der Waals surface area (Å²) < 4.78 is 0. The van der Waals surface area contributed by atoms with Crippen molar-refractivity contribution in [3.8, 4) is 11.1 Å². The molecule has 124 valence electrons. The number of carbonyl (C=O) groups excluding carboxylic acids is 1. The highest BCUT2D eigenvalue weighted by Crippen LogP contribution is 2.19. The molecule has 0 atom stereocenters. The molecule has 0 aliphatic rings. The highest BCUT2D eigenvalue weighted by molar-refractivity contribution is 5.96. The Morgan fingerprint density at radius 1 is 1.00 bits per heavy atom. The number of pyridine rings is 1. The van der Waals surface area contributed by atoms with Crippen molar-refractivity contribution in [3.63, 3.8) is 0 Å². The van der Waals surface area contributed by atoms with Gasteiger partial charge in [0.25, 0.3) is 5.91 Å². The summed E-state index contributed by atoms with van der Waals surface area (Å²) in [6, 6.07) is 18.5. The lowest BCUT2D eigenvalue weighted by atomic mass is 10.0. The molecule has 0 bridgehead atoms. The van der Waals surface area contributed by atoms with Gasteiger partial charge in [-0.1, -0.05) is 42.5 Å². The van der Waals surface area contributed by atoms with E-state index in [2.05, 4.69) is 10.3 Å². The number of amidine groups is 1. The summed E-state index contributed by atoms with van der Waals surface area (Å²) in [5.41, 5.74) is 9.56. The molecule has 0 aliphatic heterocycles. The third kappa shape index (κ3) is 4.09. The Morgan fingerprint density at radius 2 is 1.76 bits per heavy atom. The smallest absolute Gasteiger partial charge is 0.251 e. The number of nitrogens with two attached hydrogens (primary N) is 1. The Kier molecular flexibility index (Phi) is 4.85. The predicted molar refractivity (Wildman–Crippen MR) is 98.3 cm³/mol. The molecule has 0 aliphatic carbocycles. The quantitative estimate of drug-likeness (QED) is 0.496. The average molecular weight is 330 g/mol. The molecular formula is C20H18N4O. The second-order valence-electron chi connectivity index (χ2n) is 5.62. The maximum atomic E-state index is 12.4. The fraction of sp³-hybridized carbons (Fsp3) is 0.0500. The van der Waals surface area contributed by atoms with Gasteiger partial charge in [-0.15, -0.1) is 0 Å². The molecule has 5 heteroatoms. The van der Waals surface area contributed by atoms with E-state index >= 15 is 0 Å². The van der Waals surface area contributed by atoms with Gasteiger partial charge in [-0.3, -0.25) is 15.2 Å². The molecule has 0 saturated heterocycles. The lowest BCUT2D eigenvalue weighted by Gasteiger charge is -2.08. The van der Waals surface area contributed by atoms with E-state index in [-0.39, 0.29) is 11.7 Å². The number of hydrogen-bond donors (Lipinski definition) is 3. The normalized spacial score (nSPS) is 10.2. The molecule has 3 rings (SSSR count). The van der Waals surface area contributed by atoms with Crippen molar-refractivity contribution in [3.05, 3.63) is 89.7 Å². The summed E-state index contributed by atoms with van der Waals surface area (Å²) in [5, 5.41) is 10.3. The van der Waals surface area contributed by atoms with Gasteiger partial charge in [-0.2, -0.15) is 0 Å². The van der Waals surface area contributed by atoms with Crippen LogP contribution in [0.5, 0.6) is 0 Å². The summed E-state index contributed by atoms with van der Waals surface area (Å²) in [6.07, 6.45) is 3.49. The van der Waals surface area contributed by atoms with Crippen molar-refractivity contribution < 1.29 is 4.79 Å². The monoisotopic (exact) mass is 330 g/mol. The second kappa shape index (κ2) is 7.40. The zero-order valence-electron chi connectivity index (χ0n) is 13.6. The summed E-state index contributed by atoms with van der Waals surface area (Å²) >= 11 is 0. The van der Waals surface area contributed by atoms with E-state index in [0.29, 0.717) is 17.7 Å². The van der Waals surface area contributed by atoms with Crippen molar-refractivity contribution in [2.24, 2.45) is 5.73 Å². The van der Waals surface area contributed by atoms with Crippen molar-refractivity contribution in [2.75, 3.05) is 0 Å². The molecule has 1 heterocycles. The third-order valence-electron chi connectivity index (χ3n) is 3.84. The van der Waals surface area contributed by atoms with E-state index in [4.69, 9.17) is 11.1 Å². The molecule has 0 spiro atoms. The Labute approximate surface area is 146 Å². The first-order valence-electron chi connectivity index (χ1n) is 7.85. The van der Waals surface area contributed by atoms with Gasteiger partial charge in [0.2, 0.25) is 0 Å². The number of nitrogen functional groups attached to an aromatic ring is 1. The fourth-order valence-corrected chi connectivity index (χ4v) is 2.46. The molecule has 25 heavy (non-hydrogen) atoms. The average Bonchev–Trinajstić information content (AvgIpc) is 2.67. The summed E-state index contributed by atoms with van der Waals surface area (Å²) in [7, 11) is 0. The molecule has 2 aromatic carbocycles. The number of nitrogens with zero attached hydrogens (tertiary/aromatic N) is 1. The zero-order valence-corrected chi connectivity index (χ0v) is 13.6. The number of nitrogens with one attached hydrogen (secondary N) is 2. The van der Waals surface area contributed by atoms with Crippen LogP contribution < -0.4 is 11.1 Å². The first-order valence-corrected chi connectivity index (χ1v) is 7.85. The molecule has 3 aromatic rings. The Bertz CT molecular complexity index is 889. The van der Waals surface area contributed by atoms with Gasteiger partial charge < -0.3 is 11.1 Å². The summed E-state index contributed by atoms with van der Waals surface area (Å²) in [4.78, 5) is 16.5. The van der Waals surface area contributed by atoms with Gasteiger partial charge in [-0.05, 0) is 29.3 Å². The van der Waals surface area contributed by atoms with Crippen LogP contribution in [0.15, 0.2) is 73.1 Å². The largest absolute Gasteiger partial charge is 0.384 e. The number of aromatic nitrogens is 1. The van der Waals surface area contributed by atoms with Crippen LogP contribution in [0.4, 0.5) is 0 Å². The number of amides is 1. The van der Waals surface area contributed by atoms with Crippen molar-refractivity contribution in [2.45, 2.75) is 6.54 Å². The number of rotatable bonds is 5. The van der Waals surface area contributed by atoms with Crippen LogP contribution in [-0.4, -0.2) is 16.7 Å². The number of hydrogen-bond acceptors (Lipinski definition) is 3. The Hall–Kier alpha value is -3.47. The number of benzene rings is 2. The van der Waals surface area contributed by atoms with Gasteiger partial charge in [0.05, 0.1) is 0 Å². The van der Waals surface area contributed by atoms with Crippen LogP contribution in [-0.2, 0) is 6.54 Å². The van der Waals surface area contributed by atoms with Crippen LogP contribution in [0.2, 0.25) is 0 Å². The highest BCUT2D eigenvalue weighted by Gasteiger charge is 2.07. The van der Waals surface area contributed by atoms with E-state index in [0.717, 1.165) is 16.7 Å². The number of carbonyl (C=O) groups is 1. The van der Waals surface area contributed by atoms with E-state index in [1.807, 2.05) is 42.5 Å². The lowest BCUT2D eigenvalue weighted by Crippen LogP contribution is -2.22. The zero-order chi connectivity index (χ0) is 17.6. The maximum Gasteiger partial charge on any atom is 0.251 e. The molecule has 1 amide bonds. The molecule has 0 saturated carbocycles. The second-order valence-corrected chi connectivity index (χ2v) is 5.62. The standard InChI is InChI=1S/C20H18N4O/c21-19(22)15-8-6-14(7-9-15)12-24-20(25)17-4-1-3-16(11-17)18-5-2-10-23-13-18/h1-11,13H,12H2,(H3,21,22)(H,24,25). The van der Waals surface area contributed by atoms with Crippen LogP contribution >= 0.6 is 0 Å². The van der Waals surface area contributed by atoms with Crippen LogP contribution in [0, 0.1) is 5.41 Å². The van der Waals surface area contributed by atoms with Crippen molar-refractivity contribution in [1.82, 2.24) is 10.3 Å². The topological polar surface area (TPSA) is 91.9 Å². The van der Waals surface area contributed by atoms with Gasteiger partial charge in [0.1, 0.15) is 5.84 Å². The van der Waals surface area contributed by atoms with Crippen molar-refractivity contribution >= 4 is 11.7 Å². The SMILES string of the molecule is N=C(N)c1ccc(CNC(=O)c2cccc(-c3cccnc3)c2)cc1. The van der Waals surface area contributed by atoms with Gasteiger partial charge in [-0.25, -0.2) is 0 Å². The molecule has 4 N–H and O–H groups in total. The Morgan fingerprint density at radius 3 is 2.44 bits per heavy atom. The summed E-state index contributed by atoms with van der Waals surface area (Å²) in [6.45, 7) is 0.411. The van der Waals surface area contributed by atoms with Crippen LogP contribution in [0.3, 0.4) is 0 Å². The summed E-state index contributed by atoms with van der Waals surface area (Å²) in [5.74, 6) is -0.107. The molecule has 0 fully saturated rings. The lowest BCUT2D eigenvalue weighted by molar-refractivity contribution is 0.0951. The van der Waals surface area contributed by atoms with Crippen LogP contribution in [0.1, 0.15) is 21.5 Å². The van der Waals surface area contributed by atoms with E-state index < -0.39 is 0 Å². The molecule has 0 unspecified atom stereocenters. The van der Waals surface area contributed by atoms with Crippen LogP contribution in [0.25, 0.3) is 11.1 Å². The molecular weight excluding hydrogens is 312 g/mol. The minimum absolute atomic E-state index is 0.0304.